The van der Waals surface area contributed by atoms with Crippen LogP contribution >= 0.6 is 11.8 Å². The molecule has 0 aliphatic carbocycles. The lowest BCUT2D eigenvalue weighted by atomic mass is 10.4. The van der Waals surface area contributed by atoms with E-state index >= 15 is 0 Å². The van der Waals surface area contributed by atoms with E-state index < -0.39 is 0 Å². The van der Waals surface area contributed by atoms with Crippen molar-refractivity contribution in [1.29, 1.82) is 0 Å². The lowest BCUT2D eigenvalue weighted by Crippen LogP contribution is -2.31. The molecule has 0 bridgehead atoms. The van der Waals surface area contributed by atoms with Gasteiger partial charge in [-0.1, -0.05) is 11.8 Å². The molecule has 1 rings (SSSR count). The van der Waals surface area contributed by atoms with Gasteiger partial charge in [0.2, 0.25) is 0 Å². The summed E-state index contributed by atoms with van der Waals surface area (Å²) in [5.41, 5.74) is 0. The Balaban J connectivity index is 2.07. The summed E-state index contributed by atoms with van der Waals surface area (Å²) >= 11 is 1.65. The first-order valence-corrected chi connectivity index (χ1v) is 5.93. The van der Waals surface area contributed by atoms with E-state index in [4.69, 9.17) is 4.74 Å². The van der Waals surface area contributed by atoms with Crippen molar-refractivity contribution in [3.05, 3.63) is 18.5 Å². The number of methoxy groups -OCH3 is 1. The number of rotatable bonds is 7. The van der Waals surface area contributed by atoms with Crippen molar-refractivity contribution >= 4 is 11.8 Å². The molecule has 0 aliphatic rings. The van der Waals surface area contributed by atoms with Crippen LogP contribution in [0.4, 0.5) is 0 Å². The minimum Gasteiger partial charge on any atom is -0.383 e. The van der Waals surface area contributed by atoms with Gasteiger partial charge in [0.05, 0.1) is 6.61 Å². The van der Waals surface area contributed by atoms with Crippen LogP contribution in [0.1, 0.15) is 6.92 Å². The van der Waals surface area contributed by atoms with Gasteiger partial charge in [-0.3, -0.25) is 0 Å². The summed E-state index contributed by atoms with van der Waals surface area (Å²) in [4.78, 5) is 8.26. The number of ether oxygens (including phenoxy) is 1. The maximum Gasteiger partial charge on any atom is 0.187 e. The molecule has 5 heteroatoms. The van der Waals surface area contributed by atoms with Gasteiger partial charge in [-0.15, -0.1) is 0 Å². The second-order valence-corrected chi connectivity index (χ2v) is 4.25. The minimum absolute atomic E-state index is 0.396. The monoisotopic (exact) mass is 227 g/mol. The smallest absolute Gasteiger partial charge is 0.187 e. The average Bonchev–Trinajstić information content (AvgIpc) is 2.26. The van der Waals surface area contributed by atoms with Crippen molar-refractivity contribution in [2.45, 2.75) is 18.1 Å². The van der Waals surface area contributed by atoms with Crippen LogP contribution in [0.25, 0.3) is 0 Å². The molecule has 0 saturated carbocycles. The zero-order valence-corrected chi connectivity index (χ0v) is 9.96. The van der Waals surface area contributed by atoms with Crippen LogP contribution < -0.4 is 5.32 Å². The van der Waals surface area contributed by atoms with Crippen LogP contribution in [-0.4, -0.2) is 42.0 Å². The molecule has 1 heterocycles. The summed E-state index contributed by atoms with van der Waals surface area (Å²) < 4.78 is 5.02. The third kappa shape index (κ3) is 5.71. The van der Waals surface area contributed by atoms with E-state index in [2.05, 4.69) is 22.2 Å². The molecule has 0 saturated heterocycles. The lowest BCUT2D eigenvalue weighted by molar-refractivity contribution is 0.173. The largest absolute Gasteiger partial charge is 0.383 e. The first kappa shape index (κ1) is 12.4. The summed E-state index contributed by atoms with van der Waals surface area (Å²) in [5, 5.41) is 4.18. The van der Waals surface area contributed by atoms with Gasteiger partial charge in [0, 0.05) is 37.8 Å². The first-order chi connectivity index (χ1) is 7.33. The maximum atomic E-state index is 5.02. The van der Waals surface area contributed by atoms with Gasteiger partial charge in [-0.05, 0) is 13.0 Å². The molecule has 0 fully saturated rings. The number of nitrogens with zero attached hydrogens (tertiary/aromatic N) is 2. The van der Waals surface area contributed by atoms with Gasteiger partial charge in [0.25, 0.3) is 0 Å². The van der Waals surface area contributed by atoms with Gasteiger partial charge < -0.3 is 10.1 Å². The molecule has 1 aromatic rings. The molecule has 0 amide bonds. The Morgan fingerprint density at radius 1 is 1.47 bits per heavy atom. The Kier molecular flexibility index (Phi) is 6.31. The predicted molar refractivity (Wildman–Crippen MR) is 62.1 cm³/mol. The normalized spacial score (nSPS) is 12.7. The van der Waals surface area contributed by atoms with Crippen LogP contribution in [0, 0.1) is 0 Å². The molecule has 1 N–H and O–H groups in total. The van der Waals surface area contributed by atoms with E-state index in [-0.39, 0.29) is 0 Å². The van der Waals surface area contributed by atoms with Crippen molar-refractivity contribution in [2.75, 3.05) is 26.0 Å². The van der Waals surface area contributed by atoms with E-state index in [1.54, 1.807) is 31.3 Å². The van der Waals surface area contributed by atoms with Crippen molar-refractivity contribution < 1.29 is 4.74 Å². The van der Waals surface area contributed by atoms with E-state index in [1.165, 1.54) is 0 Å². The van der Waals surface area contributed by atoms with E-state index in [0.29, 0.717) is 6.04 Å². The summed E-state index contributed by atoms with van der Waals surface area (Å²) in [5.74, 6) is 0.970. The van der Waals surface area contributed by atoms with E-state index in [9.17, 15) is 0 Å². The minimum atomic E-state index is 0.396. The molecular weight excluding hydrogens is 210 g/mol. The molecule has 0 aromatic carbocycles. The molecule has 4 nitrogen and oxygen atoms in total. The number of thioether (sulfide) groups is 1. The summed E-state index contributed by atoms with van der Waals surface area (Å²) in [6.07, 6.45) is 3.52. The standard InChI is InChI=1S/C10H17N3OS/c1-9(8-14-2)11-6-7-15-10-12-4-3-5-13-10/h3-5,9,11H,6-8H2,1-2H3. The maximum absolute atomic E-state index is 5.02. The van der Waals surface area contributed by atoms with E-state index in [1.807, 2.05) is 6.07 Å². The highest BCUT2D eigenvalue weighted by atomic mass is 32.2. The highest BCUT2D eigenvalue weighted by molar-refractivity contribution is 7.99. The highest BCUT2D eigenvalue weighted by Crippen LogP contribution is 2.09. The topological polar surface area (TPSA) is 47.0 Å². The molecule has 1 aromatic heterocycles. The zero-order chi connectivity index (χ0) is 10.9. The van der Waals surface area contributed by atoms with Gasteiger partial charge in [-0.25, -0.2) is 9.97 Å². The number of nitrogens with one attached hydrogen (secondary N) is 1. The van der Waals surface area contributed by atoms with Gasteiger partial charge in [-0.2, -0.15) is 0 Å². The van der Waals surface area contributed by atoms with Gasteiger partial charge >= 0.3 is 0 Å². The zero-order valence-electron chi connectivity index (χ0n) is 9.14. The van der Waals surface area contributed by atoms with Crippen molar-refractivity contribution in [1.82, 2.24) is 15.3 Å². The van der Waals surface area contributed by atoms with Crippen LogP contribution in [0.5, 0.6) is 0 Å². The molecule has 15 heavy (non-hydrogen) atoms. The Hall–Kier alpha value is -0.650. The summed E-state index contributed by atoms with van der Waals surface area (Å²) in [6, 6.07) is 2.22. The van der Waals surface area contributed by atoms with E-state index in [0.717, 1.165) is 24.1 Å². The Morgan fingerprint density at radius 2 is 2.20 bits per heavy atom. The number of hydrogen-bond acceptors (Lipinski definition) is 5. The fourth-order valence-electron chi connectivity index (χ4n) is 1.12. The molecule has 0 aliphatic heterocycles. The third-order valence-corrected chi connectivity index (χ3v) is 2.66. The molecule has 1 atom stereocenters. The fraction of sp³-hybridized carbons (Fsp3) is 0.600. The lowest BCUT2D eigenvalue weighted by Gasteiger charge is -2.11. The van der Waals surface area contributed by atoms with Crippen LogP contribution in [0.15, 0.2) is 23.6 Å². The van der Waals surface area contributed by atoms with Crippen molar-refractivity contribution in [3.8, 4) is 0 Å². The third-order valence-electron chi connectivity index (χ3n) is 1.78. The van der Waals surface area contributed by atoms with Crippen molar-refractivity contribution in [3.63, 3.8) is 0 Å². The molecule has 0 radical (unpaired) electrons. The summed E-state index contributed by atoms with van der Waals surface area (Å²) in [6.45, 7) is 3.78. The number of aromatic nitrogens is 2. The van der Waals surface area contributed by atoms with Crippen LogP contribution in [0.3, 0.4) is 0 Å². The quantitative estimate of drug-likeness (QED) is 0.431. The SMILES string of the molecule is COCC(C)NCCSc1ncccn1. The molecule has 0 spiro atoms. The Bertz CT molecular complexity index is 258. The predicted octanol–water partition coefficient (Wildman–Crippen LogP) is 1.19. The van der Waals surface area contributed by atoms with Crippen molar-refractivity contribution in [2.24, 2.45) is 0 Å². The van der Waals surface area contributed by atoms with Crippen LogP contribution in [0.2, 0.25) is 0 Å². The second-order valence-electron chi connectivity index (χ2n) is 3.19. The molecular formula is C10H17N3OS. The first-order valence-electron chi connectivity index (χ1n) is 4.95. The molecule has 1 unspecified atom stereocenters. The highest BCUT2D eigenvalue weighted by Gasteiger charge is 2.00. The Morgan fingerprint density at radius 3 is 2.87 bits per heavy atom. The van der Waals surface area contributed by atoms with Gasteiger partial charge in [0.15, 0.2) is 5.16 Å². The average molecular weight is 227 g/mol. The number of hydrogen-bond donors (Lipinski definition) is 1. The summed E-state index contributed by atoms with van der Waals surface area (Å²) in [7, 11) is 1.71. The van der Waals surface area contributed by atoms with Gasteiger partial charge in [0.1, 0.15) is 0 Å². The molecule has 84 valence electrons. The van der Waals surface area contributed by atoms with Crippen LogP contribution in [-0.2, 0) is 4.74 Å². The fourth-order valence-corrected chi connectivity index (χ4v) is 1.79. The second kappa shape index (κ2) is 7.62. The Labute approximate surface area is 94.8 Å².